The molecule has 0 unspecified atom stereocenters. The van der Waals surface area contributed by atoms with Crippen molar-refractivity contribution >= 4 is 22.9 Å². The molecule has 1 aliphatic carbocycles. The van der Waals surface area contributed by atoms with Gasteiger partial charge in [-0.05, 0) is 24.3 Å². The van der Waals surface area contributed by atoms with Crippen LogP contribution in [-0.2, 0) is 0 Å². The minimum absolute atomic E-state index is 0.0514. The van der Waals surface area contributed by atoms with E-state index in [-0.39, 0.29) is 34.1 Å². The first kappa shape index (κ1) is 17.4. The summed E-state index contributed by atoms with van der Waals surface area (Å²) in [5, 5.41) is 27.0. The molecule has 0 bridgehead atoms. The molecule has 8 heteroatoms. The Bertz CT molecular complexity index is 1440. The highest BCUT2D eigenvalue weighted by molar-refractivity contribution is 6.22. The highest BCUT2D eigenvalue weighted by Gasteiger charge is 2.34. The van der Waals surface area contributed by atoms with Crippen LogP contribution in [0.3, 0.4) is 0 Å². The lowest BCUT2D eigenvalue weighted by Gasteiger charge is -2.04. The number of nitriles is 2. The van der Waals surface area contributed by atoms with Gasteiger partial charge in [0.05, 0.1) is 18.4 Å². The Kier molecular flexibility index (Phi) is 3.73. The van der Waals surface area contributed by atoms with Gasteiger partial charge in [0, 0.05) is 16.8 Å². The van der Waals surface area contributed by atoms with Gasteiger partial charge in [-0.1, -0.05) is 24.3 Å². The Balaban J connectivity index is 1.73. The van der Waals surface area contributed by atoms with Crippen LogP contribution in [0.4, 0.5) is 11.5 Å². The van der Waals surface area contributed by atoms with E-state index in [4.69, 9.17) is 4.74 Å². The summed E-state index contributed by atoms with van der Waals surface area (Å²) < 4.78 is 6.41. The molecule has 30 heavy (non-hydrogen) atoms. The fourth-order valence-corrected chi connectivity index (χ4v) is 3.59. The fraction of sp³-hybridized carbons (Fsp3) is 0.0455. The highest BCUT2D eigenvalue weighted by Crippen LogP contribution is 2.38. The van der Waals surface area contributed by atoms with E-state index in [0.29, 0.717) is 28.3 Å². The van der Waals surface area contributed by atoms with E-state index in [2.05, 4.69) is 27.5 Å². The van der Waals surface area contributed by atoms with Gasteiger partial charge in [-0.3, -0.25) is 4.79 Å². The number of carbonyl (C=O) groups excluding carboxylic acids is 1. The molecule has 0 amide bonds. The minimum atomic E-state index is -0.273. The highest BCUT2D eigenvalue weighted by atomic mass is 16.5. The predicted molar refractivity (Wildman–Crippen MR) is 108 cm³/mol. The van der Waals surface area contributed by atoms with Crippen molar-refractivity contribution in [3.05, 3.63) is 70.9 Å². The quantitative estimate of drug-likeness (QED) is 0.500. The normalized spacial score (nSPS) is 11.5. The van der Waals surface area contributed by atoms with Crippen molar-refractivity contribution in [1.29, 1.82) is 10.5 Å². The van der Waals surface area contributed by atoms with E-state index in [9.17, 15) is 15.3 Å². The van der Waals surface area contributed by atoms with Crippen LogP contribution < -0.4 is 10.1 Å². The lowest BCUT2D eigenvalue weighted by atomic mass is 10.1. The number of ether oxygens (including phenoxy) is 1. The van der Waals surface area contributed by atoms with Gasteiger partial charge >= 0.3 is 0 Å². The van der Waals surface area contributed by atoms with Gasteiger partial charge in [-0.2, -0.15) is 10.5 Å². The monoisotopic (exact) mass is 392 g/mol. The van der Waals surface area contributed by atoms with E-state index in [1.54, 1.807) is 55.6 Å². The van der Waals surface area contributed by atoms with Gasteiger partial charge in [0.25, 0.3) is 0 Å². The van der Waals surface area contributed by atoms with Crippen LogP contribution in [0.15, 0.2) is 48.5 Å². The molecule has 2 aromatic heterocycles. The molecular formula is C22H12N6O2. The topological polar surface area (TPSA) is 116 Å². The van der Waals surface area contributed by atoms with Crippen LogP contribution in [0.25, 0.3) is 16.9 Å². The van der Waals surface area contributed by atoms with Crippen molar-refractivity contribution in [2.45, 2.75) is 0 Å². The summed E-state index contributed by atoms with van der Waals surface area (Å²) in [6.45, 7) is 0. The van der Waals surface area contributed by atoms with Crippen molar-refractivity contribution in [3.63, 3.8) is 0 Å². The van der Waals surface area contributed by atoms with E-state index in [1.807, 2.05) is 0 Å². The number of hydrogen-bond donors (Lipinski definition) is 1. The number of nitrogens with zero attached hydrogens (tertiary/aromatic N) is 5. The van der Waals surface area contributed by atoms with Crippen molar-refractivity contribution in [2.24, 2.45) is 0 Å². The Hall–Kier alpha value is -4.69. The van der Waals surface area contributed by atoms with Crippen LogP contribution in [0.2, 0.25) is 0 Å². The number of benzene rings is 2. The van der Waals surface area contributed by atoms with Gasteiger partial charge < -0.3 is 10.1 Å². The summed E-state index contributed by atoms with van der Waals surface area (Å²) in [7, 11) is 1.58. The third-order valence-electron chi connectivity index (χ3n) is 4.99. The minimum Gasteiger partial charge on any atom is -0.497 e. The van der Waals surface area contributed by atoms with Gasteiger partial charge in [-0.25, -0.2) is 9.50 Å². The summed E-state index contributed by atoms with van der Waals surface area (Å²) in [6, 6.07) is 18.3. The third kappa shape index (κ3) is 2.35. The molecule has 4 aromatic rings. The first-order chi connectivity index (χ1) is 14.7. The molecule has 142 valence electrons. The molecule has 0 atom stereocenters. The maximum absolute atomic E-state index is 12.9. The van der Waals surface area contributed by atoms with Gasteiger partial charge in [0.1, 0.15) is 23.5 Å². The molecule has 0 fully saturated rings. The second-order valence-corrected chi connectivity index (χ2v) is 6.59. The molecule has 0 saturated heterocycles. The fourth-order valence-electron chi connectivity index (χ4n) is 3.59. The number of nitrogens with one attached hydrogen (secondary N) is 1. The van der Waals surface area contributed by atoms with E-state index < -0.39 is 0 Å². The number of anilines is 2. The summed E-state index contributed by atoms with van der Waals surface area (Å²) >= 11 is 0. The number of carbonyl (C=O) groups is 1. The molecule has 0 radical (unpaired) electrons. The molecule has 0 saturated carbocycles. The zero-order chi connectivity index (χ0) is 20.8. The molecule has 1 aliphatic rings. The molecular weight excluding hydrogens is 380 g/mol. The Morgan fingerprint density at radius 1 is 1.03 bits per heavy atom. The molecule has 2 aromatic carbocycles. The lowest BCUT2D eigenvalue weighted by Crippen LogP contribution is -2.07. The van der Waals surface area contributed by atoms with E-state index in [1.165, 1.54) is 4.52 Å². The molecule has 8 nitrogen and oxygen atoms in total. The molecule has 0 aliphatic heterocycles. The lowest BCUT2D eigenvalue weighted by molar-refractivity contribution is 0.104. The van der Waals surface area contributed by atoms with E-state index in [0.717, 1.165) is 0 Å². The van der Waals surface area contributed by atoms with Gasteiger partial charge in [0.2, 0.25) is 0 Å². The Morgan fingerprint density at radius 2 is 1.77 bits per heavy atom. The maximum atomic E-state index is 12.9. The summed E-state index contributed by atoms with van der Waals surface area (Å²) in [5.41, 5.74) is 2.86. The standard InChI is InChI=1S/C22H12N6O2/c1-30-13-8-6-12(7-9-13)25-21-16(10-23)22-26-19-14-4-2-3-5-15(14)20(29)18(19)17(11-24)28(22)27-21/h2-9H,1H3,(H,25,27). The molecule has 1 N–H and O–H groups in total. The average molecular weight is 392 g/mol. The smallest absolute Gasteiger partial charge is 0.198 e. The zero-order valence-electron chi connectivity index (χ0n) is 15.7. The van der Waals surface area contributed by atoms with Crippen molar-refractivity contribution < 1.29 is 9.53 Å². The first-order valence-electron chi connectivity index (χ1n) is 8.98. The number of rotatable bonds is 3. The third-order valence-corrected chi connectivity index (χ3v) is 4.99. The molecule has 0 spiro atoms. The number of ketones is 1. The number of aromatic nitrogens is 3. The summed E-state index contributed by atoms with van der Waals surface area (Å²) in [4.78, 5) is 17.5. The van der Waals surface area contributed by atoms with Crippen molar-refractivity contribution in [2.75, 3.05) is 12.4 Å². The number of methoxy groups -OCH3 is 1. The maximum Gasteiger partial charge on any atom is 0.198 e. The van der Waals surface area contributed by atoms with Crippen LogP contribution in [0.5, 0.6) is 5.75 Å². The van der Waals surface area contributed by atoms with Crippen molar-refractivity contribution in [3.8, 4) is 29.1 Å². The summed E-state index contributed by atoms with van der Waals surface area (Å²) in [6.07, 6.45) is 0. The van der Waals surface area contributed by atoms with E-state index >= 15 is 0 Å². The molecule has 5 rings (SSSR count). The number of hydrogen-bond acceptors (Lipinski definition) is 7. The predicted octanol–water partition coefficient (Wildman–Crippen LogP) is 3.44. The summed E-state index contributed by atoms with van der Waals surface area (Å²) in [5.74, 6) is 0.666. The van der Waals surface area contributed by atoms with Crippen LogP contribution in [0.1, 0.15) is 27.2 Å². The van der Waals surface area contributed by atoms with Crippen LogP contribution >= 0.6 is 0 Å². The Labute approximate surface area is 170 Å². The molecule has 2 heterocycles. The van der Waals surface area contributed by atoms with Crippen molar-refractivity contribution in [1.82, 2.24) is 14.6 Å². The van der Waals surface area contributed by atoms with Gasteiger partial charge in [0.15, 0.2) is 22.9 Å². The van der Waals surface area contributed by atoms with Crippen LogP contribution in [-0.4, -0.2) is 27.5 Å². The largest absolute Gasteiger partial charge is 0.497 e. The number of fused-ring (bicyclic) bond motifs is 4. The Morgan fingerprint density at radius 3 is 2.43 bits per heavy atom. The first-order valence-corrected chi connectivity index (χ1v) is 8.98. The van der Waals surface area contributed by atoms with Gasteiger partial charge in [-0.15, -0.1) is 5.10 Å². The SMILES string of the molecule is COc1ccc(Nc2nn3c(C#N)c4c(nc3c2C#N)-c2ccccc2C4=O)cc1. The van der Waals surface area contributed by atoms with Crippen LogP contribution in [0, 0.1) is 22.7 Å². The average Bonchev–Trinajstić information content (AvgIpc) is 3.27. The zero-order valence-corrected chi connectivity index (χ0v) is 15.7. The second-order valence-electron chi connectivity index (χ2n) is 6.59. The second kappa shape index (κ2) is 6.43.